The molecule has 16 heavy (non-hydrogen) atoms. The summed E-state index contributed by atoms with van der Waals surface area (Å²) < 4.78 is 0. The summed E-state index contributed by atoms with van der Waals surface area (Å²) in [5, 5.41) is 0.204. The van der Waals surface area contributed by atoms with E-state index in [0.717, 1.165) is 0 Å². The molecule has 1 atom stereocenters. The summed E-state index contributed by atoms with van der Waals surface area (Å²) in [7, 11) is -1.29. The molecule has 0 aliphatic heterocycles. The van der Waals surface area contributed by atoms with Crippen molar-refractivity contribution in [2.45, 2.75) is 29.8 Å². The third-order valence-corrected chi connectivity index (χ3v) is 4.27. The van der Waals surface area contributed by atoms with Crippen LogP contribution in [-0.4, -0.2) is 19.2 Å². The molecule has 0 heterocycles. The summed E-state index contributed by atoms with van der Waals surface area (Å²) in [5.74, 6) is 3.88. The number of thioether (sulfide) groups is 1. The van der Waals surface area contributed by atoms with Gasteiger partial charge in [-0.05, 0) is 12.1 Å². The van der Waals surface area contributed by atoms with Gasteiger partial charge in [-0.2, -0.15) is 0 Å². The van der Waals surface area contributed by atoms with Crippen LogP contribution in [0.2, 0.25) is 19.6 Å². The maximum absolute atomic E-state index is 5.94. The van der Waals surface area contributed by atoms with Gasteiger partial charge in [0.2, 0.25) is 0 Å². The number of benzene rings is 1. The largest absolute Gasteiger partial charge is 0.131 e. The summed E-state index contributed by atoms with van der Waals surface area (Å²) >= 11 is 7.68. The van der Waals surface area contributed by atoms with Gasteiger partial charge in [-0.25, -0.2) is 0 Å². The molecule has 0 spiro atoms. The molecule has 1 unspecified atom stereocenters. The van der Waals surface area contributed by atoms with Crippen LogP contribution in [0.25, 0.3) is 0 Å². The van der Waals surface area contributed by atoms with Gasteiger partial charge in [-0.15, -0.1) is 28.9 Å². The van der Waals surface area contributed by atoms with Gasteiger partial charge >= 0.3 is 0 Å². The average Bonchev–Trinajstić information content (AvgIpc) is 2.24. The molecule has 0 aromatic heterocycles. The van der Waals surface area contributed by atoms with E-state index in [4.69, 9.17) is 11.6 Å². The number of hydrogen-bond donors (Lipinski definition) is 0. The molecule has 1 rings (SSSR count). The first-order chi connectivity index (χ1) is 7.51. The fourth-order valence-corrected chi connectivity index (χ4v) is 2.86. The van der Waals surface area contributed by atoms with Crippen molar-refractivity contribution in [3.8, 4) is 11.5 Å². The minimum atomic E-state index is -1.29. The van der Waals surface area contributed by atoms with E-state index in [2.05, 4.69) is 43.2 Å². The van der Waals surface area contributed by atoms with E-state index < -0.39 is 8.07 Å². The summed E-state index contributed by atoms with van der Waals surface area (Å²) in [6, 6.07) is 10.3. The van der Waals surface area contributed by atoms with Gasteiger partial charge in [-0.1, -0.05) is 43.8 Å². The molecule has 0 N–H and O–H groups in total. The predicted octanol–water partition coefficient (Wildman–Crippen LogP) is 4.27. The summed E-state index contributed by atoms with van der Waals surface area (Å²) in [4.78, 5) is 1.23. The number of alkyl halides is 1. The Hall–Kier alpha value is -0.363. The average molecular weight is 269 g/mol. The Kier molecular flexibility index (Phi) is 5.47. The second kappa shape index (κ2) is 6.39. The Labute approximate surface area is 109 Å². The first-order valence-electron chi connectivity index (χ1n) is 5.31. The first kappa shape index (κ1) is 13.7. The smallest absolute Gasteiger partial charge is 0.129 e. The second-order valence-electron chi connectivity index (χ2n) is 4.59. The third-order valence-electron chi connectivity index (χ3n) is 1.77. The Balaban J connectivity index is 2.66. The molecule has 0 amide bonds. The zero-order chi connectivity index (χ0) is 12.0. The van der Waals surface area contributed by atoms with E-state index in [-0.39, 0.29) is 5.25 Å². The quantitative estimate of drug-likeness (QED) is 0.342. The van der Waals surface area contributed by atoms with Crippen molar-refractivity contribution in [3.63, 3.8) is 0 Å². The second-order valence-corrected chi connectivity index (χ2v) is 10.9. The number of halogens is 1. The Morgan fingerprint density at radius 1 is 1.25 bits per heavy atom. The van der Waals surface area contributed by atoms with Crippen LogP contribution >= 0.6 is 23.4 Å². The third kappa shape index (κ3) is 5.65. The molecular weight excluding hydrogens is 252 g/mol. The molecule has 86 valence electrons. The van der Waals surface area contributed by atoms with Crippen molar-refractivity contribution in [1.29, 1.82) is 0 Å². The topological polar surface area (TPSA) is 0 Å². The fourth-order valence-electron chi connectivity index (χ4n) is 1.06. The minimum Gasteiger partial charge on any atom is -0.131 e. The Bertz CT molecular complexity index is 372. The Morgan fingerprint density at radius 2 is 1.88 bits per heavy atom. The van der Waals surface area contributed by atoms with E-state index in [0.29, 0.717) is 5.88 Å². The van der Waals surface area contributed by atoms with Crippen LogP contribution < -0.4 is 0 Å². The first-order valence-corrected chi connectivity index (χ1v) is 10.2. The molecule has 0 bridgehead atoms. The van der Waals surface area contributed by atoms with Gasteiger partial charge in [0.25, 0.3) is 0 Å². The lowest BCUT2D eigenvalue weighted by Crippen LogP contribution is -2.17. The molecule has 0 radical (unpaired) electrons. The number of rotatable bonds is 3. The summed E-state index contributed by atoms with van der Waals surface area (Å²) in [6.45, 7) is 6.75. The lowest BCUT2D eigenvalue weighted by atomic mass is 10.4. The highest BCUT2D eigenvalue weighted by Gasteiger charge is 2.10. The van der Waals surface area contributed by atoms with Crippen molar-refractivity contribution in [1.82, 2.24) is 0 Å². The molecule has 0 fully saturated rings. The van der Waals surface area contributed by atoms with Crippen LogP contribution in [0.5, 0.6) is 0 Å². The Morgan fingerprint density at radius 3 is 2.38 bits per heavy atom. The molecule has 1 aromatic carbocycles. The van der Waals surface area contributed by atoms with Gasteiger partial charge in [0.15, 0.2) is 0 Å². The van der Waals surface area contributed by atoms with Crippen LogP contribution in [-0.2, 0) is 0 Å². The van der Waals surface area contributed by atoms with Gasteiger partial charge in [0, 0.05) is 10.8 Å². The summed E-state index contributed by atoms with van der Waals surface area (Å²) in [6.07, 6.45) is 0. The molecule has 1 aromatic rings. The van der Waals surface area contributed by atoms with Crippen LogP contribution in [0.1, 0.15) is 0 Å². The highest BCUT2D eigenvalue weighted by Crippen LogP contribution is 2.23. The van der Waals surface area contributed by atoms with E-state index in [1.807, 2.05) is 18.2 Å². The van der Waals surface area contributed by atoms with Crippen molar-refractivity contribution in [3.05, 3.63) is 30.3 Å². The normalized spacial score (nSPS) is 12.8. The molecule has 0 aliphatic carbocycles. The van der Waals surface area contributed by atoms with Crippen molar-refractivity contribution in [2.75, 3.05) is 5.88 Å². The fraction of sp³-hybridized carbons (Fsp3) is 0.385. The SMILES string of the molecule is C[Si](C)(C)C#CC(CCl)Sc1ccccc1. The van der Waals surface area contributed by atoms with Crippen LogP contribution in [0.4, 0.5) is 0 Å². The molecule has 0 saturated heterocycles. The molecule has 3 heteroatoms. The maximum atomic E-state index is 5.94. The van der Waals surface area contributed by atoms with E-state index in [9.17, 15) is 0 Å². The van der Waals surface area contributed by atoms with Gasteiger partial charge in [-0.3, -0.25) is 0 Å². The molecule has 0 saturated carbocycles. The highest BCUT2D eigenvalue weighted by molar-refractivity contribution is 8.00. The molecular formula is C13H17ClSSi. The van der Waals surface area contributed by atoms with E-state index in [1.165, 1.54) is 4.90 Å². The van der Waals surface area contributed by atoms with Crippen molar-refractivity contribution >= 4 is 31.4 Å². The van der Waals surface area contributed by atoms with E-state index >= 15 is 0 Å². The van der Waals surface area contributed by atoms with Crippen LogP contribution in [0.3, 0.4) is 0 Å². The number of hydrogen-bond acceptors (Lipinski definition) is 1. The zero-order valence-electron chi connectivity index (χ0n) is 9.96. The van der Waals surface area contributed by atoms with Gasteiger partial charge < -0.3 is 0 Å². The lowest BCUT2D eigenvalue weighted by Gasteiger charge is -2.09. The van der Waals surface area contributed by atoms with Gasteiger partial charge in [0.1, 0.15) is 8.07 Å². The highest BCUT2D eigenvalue weighted by atomic mass is 35.5. The predicted molar refractivity (Wildman–Crippen MR) is 77.9 cm³/mol. The van der Waals surface area contributed by atoms with Crippen LogP contribution in [0, 0.1) is 11.5 Å². The monoisotopic (exact) mass is 268 g/mol. The van der Waals surface area contributed by atoms with E-state index in [1.54, 1.807) is 11.8 Å². The van der Waals surface area contributed by atoms with Crippen LogP contribution in [0.15, 0.2) is 35.2 Å². The zero-order valence-corrected chi connectivity index (χ0v) is 12.5. The molecule has 0 nitrogen and oxygen atoms in total. The standard InChI is InChI=1S/C13H17ClSSi/c1-16(2,3)10-9-13(11-14)15-12-7-5-4-6-8-12/h4-8,13H,11H2,1-3H3. The van der Waals surface area contributed by atoms with Crippen molar-refractivity contribution in [2.24, 2.45) is 0 Å². The lowest BCUT2D eigenvalue weighted by molar-refractivity contribution is 1.29. The van der Waals surface area contributed by atoms with Gasteiger partial charge in [0.05, 0.1) is 5.25 Å². The summed E-state index contributed by atoms with van der Waals surface area (Å²) in [5.41, 5.74) is 3.38. The maximum Gasteiger partial charge on any atom is 0.129 e. The van der Waals surface area contributed by atoms with Crippen molar-refractivity contribution < 1.29 is 0 Å². The molecule has 0 aliphatic rings. The minimum absolute atomic E-state index is 0.204.